The van der Waals surface area contributed by atoms with E-state index in [4.69, 9.17) is 5.11 Å². The maximum Gasteiger partial charge on any atom is 0.253 e. The molecule has 20 heavy (non-hydrogen) atoms. The predicted octanol–water partition coefficient (Wildman–Crippen LogP) is 2.66. The Hall–Kier alpha value is -0.730. The van der Waals surface area contributed by atoms with Gasteiger partial charge in [-0.2, -0.15) is 4.31 Å². The van der Waals surface area contributed by atoms with Gasteiger partial charge in [-0.3, -0.25) is 0 Å². The molecule has 7 heteroatoms. The van der Waals surface area contributed by atoms with Gasteiger partial charge in [0.25, 0.3) is 10.0 Å². The molecule has 1 fully saturated rings. The molecule has 0 aromatic carbocycles. The van der Waals surface area contributed by atoms with Crippen molar-refractivity contribution in [2.24, 2.45) is 0 Å². The second kappa shape index (κ2) is 5.57. The van der Waals surface area contributed by atoms with Crippen LogP contribution in [0.25, 0.3) is 0 Å². The van der Waals surface area contributed by atoms with E-state index in [9.17, 15) is 8.42 Å². The van der Waals surface area contributed by atoms with Gasteiger partial charge in [-0.15, -0.1) is 22.7 Å². The van der Waals surface area contributed by atoms with Gasteiger partial charge in [0.15, 0.2) is 0 Å². The van der Waals surface area contributed by atoms with Crippen molar-refractivity contribution in [3.8, 4) is 0 Å². The third-order valence-electron chi connectivity index (χ3n) is 3.22. The van der Waals surface area contributed by atoms with E-state index in [0.717, 1.165) is 17.7 Å². The van der Waals surface area contributed by atoms with Crippen molar-refractivity contribution < 1.29 is 13.5 Å². The van der Waals surface area contributed by atoms with E-state index in [2.05, 4.69) is 0 Å². The molecule has 4 nitrogen and oxygen atoms in total. The average Bonchev–Trinajstić information content (AvgIpc) is 2.96. The minimum atomic E-state index is -3.46. The topological polar surface area (TPSA) is 57.6 Å². The van der Waals surface area contributed by atoms with Crippen LogP contribution >= 0.6 is 22.7 Å². The van der Waals surface area contributed by atoms with Crippen molar-refractivity contribution in [3.63, 3.8) is 0 Å². The van der Waals surface area contributed by atoms with Crippen molar-refractivity contribution in [1.82, 2.24) is 4.31 Å². The van der Waals surface area contributed by atoms with Crippen LogP contribution in [0.4, 0.5) is 0 Å². The molecule has 1 saturated carbocycles. The molecule has 0 spiro atoms. The van der Waals surface area contributed by atoms with Crippen LogP contribution in [0.2, 0.25) is 0 Å². The second-order valence-electron chi connectivity index (χ2n) is 4.79. The molecule has 1 aliphatic carbocycles. The first-order valence-electron chi connectivity index (χ1n) is 6.34. The maximum atomic E-state index is 12.7. The number of rotatable bonds is 6. The zero-order valence-electron chi connectivity index (χ0n) is 10.7. The summed E-state index contributed by atoms with van der Waals surface area (Å²) in [6.45, 7) is 0.317. The van der Waals surface area contributed by atoms with E-state index < -0.39 is 10.0 Å². The molecule has 0 amide bonds. The molecule has 0 atom stereocenters. The first-order chi connectivity index (χ1) is 9.61. The second-order valence-corrected chi connectivity index (χ2v) is 8.85. The molecule has 108 valence electrons. The molecule has 0 aliphatic heterocycles. The van der Waals surface area contributed by atoms with E-state index in [1.807, 2.05) is 17.5 Å². The van der Waals surface area contributed by atoms with Gasteiger partial charge in [0.05, 0.1) is 6.61 Å². The van der Waals surface area contributed by atoms with Crippen LogP contribution in [-0.4, -0.2) is 23.9 Å². The number of aliphatic hydroxyl groups is 1. The smallest absolute Gasteiger partial charge is 0.253 e. The highest BCUT2D eigenvalue weighted by atomic mass is 32.2. The first kappa shape index (κ1) is 14.2. The summed E-state index contributed by atoms with van der Waals surface area (Å²) < 4.78 is 27.4. The number of hydrogen-bond acceptors (Lipinski definition) is 5. The summed E-state index contributed by atoms with van der Waals surface area (Å²) in [5.74, 6) is 0. The minimum Gasteiger partial charge on any atom is -0.392 e. The van der Waals surface area contributed by atoms with Gasteiger partial charge < -0.3 is 5.11 Å². The van der Waals surface area contributed by atoms with Crippen LogP contribution in [0, 0.1) is 0 Å². The highest BCUT2D eigenvalue weighted by Crippen LogP contribution is 2.35. The van der Waals surface area contributed by atoms with Gasteiger partial charge in [0, 0.05) is 17.5 Å². The number of hydrogen-bond donors (Lipinski definition) is 1. The van der Waals surface area contributed by atoms with Crippen molar-refractivity contribution >= 4 is 32.7 Å². The van der Waals surface area contributed by atoms with E-state index in [-0.39, 0.29) is 12.6 Å². The fourth-order valence-corrected chi connectivity index (χ4v) is 5.79. The largest absolute Gasteiger partial charge is 0.392 e. The first-order valence-corrected chi connectivity index (χ1v) is 9.53. The summed E-state index contributed by atoms with van der Waals surface area (Å²) >= 11 is 2.76. The summed E-state index contributed by atoms with van der Waals surface area (Å²) in [4.78, 5) is 1.06. The average molecular weight is 329 g/mol. The molecule has 3 rings (SSSR count). The van der Waals surface area contributed by atoms with Crippen molar-refractivity contribution in [2.75, 3.05) is 0 Å². The summed E-state index contributed by atoms with van der Waals surface area (Å²) in [6, 6.07) is 5.60. The molecule has 2 aromatic rings. The van der Waals surface area contributed by atoms with Crippen molar-refractivity contribution in [2.45, 2.75) is 36.2 Å². The molecule has 0 saturated heterocycles. The number of nitrogens with zero attached hydrogens (tertiary/aromatic N) is 1. The number of thiophene rings is 2. The van der Waals surface area contributed by atoms with Gasteiger partial charge >= 0.3 is 0 Å². The number of aliphatic hydroxyl groups excluding tert-OH is 1. The van der Waals surface area contributed by atoms with Gasteiger partial charge in [-0.05, 0) is 41.3 Å². The summed E-state index contributed by atoms with van der Waals surface area (Å²) in [7, 11) is -3.46. The summed E-state index contributed by atoms with van der Waals surface area (Å²) in [5, 5.41) is 12.7. The Bertz CT molecular complexity index is 672. The SMILES string of the molecule is O=S(=O)(c1cc(CO)cs1)N(Cc1cccs1)C1CC1. The lowest BCUT2D eigenvalue weighted by Crippen LogP contribution is -2.31. The fourth-order valence-electron chi connectivity index (χ4n) is 2.02. The normalized spacial score (nSPS) is 15.9. The lowest BCUT2D eigenvalue weighted by Gasteiger charge is -2.20. The van der Waals surface area contributed by atoms with Crippen LogP contribution in [0.3, 0.4) is 0 Å². The van der Waals surface area contributed by atoms with Gasteiger partial charge in [-0.25, -0.2) is 8.42 Å². The van der Waals surface area contributed by atoms with E-state index in [0.29, 0.717) is 16.3 Å². The Kier molecular flexibility index (Phi) is 3.96. The van der Waals surface area contributed by atoms with E-state index in [1.54, 1.807) is 27.1 Å². The molecule has 1 aliphatic rings. The molecular weight excluding hydrogens is 314 g/mol. The van der Waals surface area contributed by atoms with Crippen molar-refractivity contribution in [3.05, 3.63) is 39.4 Å². The standard InChI is InChI=1S/C13H15NO3S3/c15-8-10-6-13(19-9-10)20(16,17)14(11-3-4-11)7-12-2-1-5-18-12/h1-2,5-6,9,11,15H,3-4,7-8H2. The third-order valence-corrected chi connectivity index (χ3v) is 7.44. The molecule has 0 bridgehead atoms. The molecule has 1 N–H and O–H groups in total. The monoisotopic (exact) mass is 329 g/mol. The van der Waals surface area contributed by atoms with Crippen LogP contribution in [0.5, 0.6) is 0 Å². The van der Waals surface area contributed by atoms with Gasteiger partial charge in [0.2, 0.25) is 0 Å². The quantitative estimate of drug-likeness (QED) is 0.886. The zero-order valence-corrected chi connectivity index (χ0v) is 13.2. The number of sulfonamides is 1. The Balaban J connectivity index is 1.89. The van der Waals surface area contributed by atoms with Crippen LogP contribution in [0.15, 0.2) is 33.2 Å². The van der Waals surface area contributed by atoms with Gasteiger partial charge in [-0.1, -0.05) is 6.07 Å². The minimum absolute atomic E-state index is 0.125. The van der Waals surface area contributed by atoms with E-state index >= 15 is 0 Å². The van der Waals surface area contributed by atoms with Crippen LogP contribution < -0.4 is 0 Å². The Morgan fingerprint density at radius 3 is 2.70 bits per heavy atom. The zero-order chi connectivity index (χ0) is 14.2. The lowest BCUT2D eigenvalue weighted by molar-refractivity contribution is 0.282. The molecular formula is C13H15NO3S3. The molecule has 0 unspecified atom stereocenters. The molecule has 0 radical (unpaired) electrons. The Labute approximate surface area is 126 Å². The summed E-state index contributed by atoms with van der Waals surface area (Å²) in [6.07, 6.45) is 1.87. The van der Waals surface area contributed by atoms with Crippen LogP contribution in [0.1, 0.15) is 23.3 Å². The fraction of sp³-hybridized carbons (Fsp3) is 0.385. The lowest BCUT2D eigenvalue weighted by atomic mass is 10.4. The summed E-state index contributed by atoms with van der Waals surface area (Å²) in [5.41, 5.74) is 0.653. The Morgan fingerprint density at radius 2 is 2.15 bits per heavy atom. The maximum absolute atomic E-state index is 12.7. The van der Waals surface area contributed by atoms with Crippen molar-refractivity contribution in [1.29, 1.82) is 0 Å². The molecule has 2 aromatic heterocycles. The Morgan fingerprint density at radius 1 is 1.35 bits per heavy atom. The third kappa shape index (κ3) is 2.82. The predicted molar refractivity (Wildman–Crippen MR) is 80.3 cm³/mol. The highest BCUT2D eigenvalue weighted by Gasteiger charge is 2.38. The van der Waals surface area contributed by atoms with Crippen LogP contribution in [-0.2, 0) is 23.2 Å². The molecule has 2 heterocycles. The van der Waals surface area contributed by atoms with E-state index in [1.165, 1.54) is 11.3 Å². The van der Waals surface area contributed by atoms with Gasteiger partial charge in [0.1, 0.15) is 4.21 Å². The highest BCUT2D eigenvalue weighted by molar-refractivity contribution is 7.91.